The van der Waals surface area contributed by atoms with Gasteiger partial charge in [-0.1, -0.05) is 12.1 Å². The highest BCUT2D eigenvalue weighted by Gasteiger charge is 2.34. The molecular weight excluding hydrogens is 250 g/mol. The SMILES string of the molecule is N#Cc1ccccc1S(=O)(=O)NCC1(N)CCC1. The standard InChI is InChI=1S/C12H15N3O2S/c13-8-10-4-1-2-5-11(10)18(16,17)15-9-12(14)6-3-7-12/h1-2,4-5,15H,3,6-7,9,14H2. The smallest absolute Gasteiger partial charge is 0.241 e. The average Bonchev–Trinajstić information content (AvgIpc) is 2.34. The van der Waals surface area contributed by atoms with Crippen LogP contribution < -0.4 is 10.5 Å². The van der Waals surface area contributed by atoms with E-state index in [0.29, 0.717) is 0 Å². The molecule has 1 aliphatic carbocycles. The second-order valence-electron chi connectivity index (χ2n) is 4.65. The minimum atomic E-state index is -3.66. The van der Waals surface area contributed by atoms with Crippen molar-refractivity contribution in [1.82, 2.24) is 4.72 Å². The van der Waals surface area contributed by atoms with E-state index in [1.807, 2.05) is 6.07 Å². The van der Waals surface area contributed by atoms with Crippen LogP contribution in [0.2, 0.25) is 0 Å². The van der Waals surface area contributed by atoms with E-state index >= 15 is 0 Å². The number of benzene rings is 1. The normalized spacial score (nSPS) is 17.8. The molecule has 0 bridgehead atoms. The van der Waals surface area contributed by atoms with Gasteiger partial charge in [-0.2, -0.15) is 5.26 Å². The van der Waals surface area contributed by atoms with Crippen LogP contribution in [0.3, 0.4) is 0 Å². The molecule has 1 fully saturated rings. The first-order valence-corrected chi connectivity index (χ1v) is 7.23. The van der Waals surface area contributed by atoms with Crippen molar-refractivity contribution in [3.63, 3.8) is 0 Å². The van der Waals surface area contributed by atoms with Gasteiger partial charge in [-0.15, -0.1) is 0 Å². The predicted molar refractivity (Wildman–Crippen MR) is 67.1 cm³/mol. The van der Waals surface area contributed by atoms with Crippen LogP contribution in [0, 0.1) is 11.3 Å². The fraction of sp³-hybridized carbons (Fsp3) is 0.417. The molecule has 1 aromatic carbocycles. The van der Waals surface area contributed by atoms with E-state index in [2.05, 4.69) is 4.72 Å². The highest BCUT2D eigenvalue weighted by molar-refractivity contribution is 7.89. The Balaban J connectivity index is 2.18. The third-order valence-corrected chi connectivity index (χ3v) is 4.72. The van der Waals surface area contributed by atoms with Gasteiger partial charge in [-0.25, -0.2) is 13.1 Å². The van der Waals surface area contributed by atoms with Gasteiger partial charge in [-0.05, 0) is 31.4 Å². The van der Waals surface area contributed by atoms with E-state index in [4.69, 9.17) is 11.0 Å². The molecule has 1 aromatic rings. The molecule has 0 heterocycles. The Morgan fingerprint density at radius 1 is 1.39 bits per heavy atom. The van der Waals surface area contributed by atoms with E-state index in [0.717, 1.165) is 19.3 Å². The minimum Gasteiger partial charge on any atom is -0.324 e. The number of nitrogens with zero attached hydrogens (tertiary/aromatic N) is 1. The maximum atomic E-state index is 12.1. The maximum Gasteiger partial charge on any atom is 0.241 e. The summed E-state index contributed by atoms with van der Waals surface area (Å²) in [7, 11) is -3.66. The van der Waals surface area contributed by atoms with Crippen LogP contribution in [-0.2, 0) is 10.0 Å². The van der Waals surface area contributed by atoms with E-state index in [-0.39, 0.29) is 17.0 Å². The largest absolute Gasteiger partial charge is 0.324 e. The summed E-state index contributed by atoms with van der Waals surface area (Å²) in [5, 5.41) is 8.90. The summed E-state index contributed by atoms with van der Waals surface area (Å²) in [4.78, 5) is 0.00965. The van der Waals surface area contributed by atoms with Crippen LogP contribution in [0.25, 0.3) is 0 Å². The number of hydrogen-bond donors (Lipinski definition) is 2. The summed E-state index contributed by atoms with van der Waals surface area (Å²) in [6.07, 6.45) is 2.69. The minimum absolute atomic E-state index is 0.00965. The molecular formula is C12H15N3O2S. The Hall–Kier alpha value is -1.42. The molecule has 6 heteroatoms. The summed E-state index contributed by atoms with van der Waals surface area (Å²) >= 11 is 0. The summed E-state index contributed by atoms with van der Waals surface area (Å²) in [6, 6.07) is 8.01. The fourth-order valence-corrected chi connectivity index (χ4v) is 3.21. The molecule has 1 saturated carbocycles. The molecule has 2 rings (SSSR count). The van der Waals surface area contributed by atoms with Crippen molar-refractivity contribution < 1.29 is 8.42 Å². The summed E-state index contributed by atoms with van der Waals surface area (Å²) in [5.74, 6) is 0. The van der Waals surface area contributed by atoms with Gasteiger partial charge in [0.2, 0.25) is 10.0 Å². The fourth-order valence-electron chi connectivity index (χ4n) is 1.92. The first kappa shape index (κ1) is 13.0. The molecule has 0 unspecified atom stereocenters. The third kappa shape index (κ3) is 2.53. The average molecular weight is 265 g/mol. The second-order valence-corrected chi connectivity index (χ2v) is 6.38. The topological polar surface area (TPSA) is 96.0 Å². The van der Waals surface area contributed by atoms with Crippen LogP contribution in [0.4, 0.5) is 0 Å². The van der Waals surface area contributed by atoms with Crippen molar-refractivity contribution in [1.29, 1.82) is 5.26 Å². The predicted octanol–water partition coefficient (Wildman–Crippen LogP) is 0.718. The molecule has 0 aromatic heterocycles. The van der Waals surface area contributed by atoms with Crippen LogP contribution in [-0.4, -0.2) is 20.5 Å². The zero-order valence-electron chi connectivity index (χ0n) is 9.89. The molecule has 0 spiro atoms. The van der Waals surface area contributed by atoms with Crippen molar-refractivity contribution in [2.24, 2.45) is 5.73 Å². The third-order valence-electron chi connectivity index (χ3n) is 3.26. The van der Waals surface area contributed by atoms with E-state index in [9.17, 15) is 8.42 Å². The Morgan fingerprint density at radius 2 is 2.06 bits per heavy atom. The zero-order valence-corrected chi connectivity index (χ0v) is 10.7. The van der Waals surface area contributed by atoms with E-state index in [1.54, 1.807) is 12.1 Å². The lowest BCUT2D eigenvalue weighted by molar-refractivity contribution is 0.251. The number of nitriles is 1. The monoisotopic (exact) mass is 265 g/mol. The number of nitrogens with one attached hydrogen (secondary N) is 1. The Labute approximate surface area is 107 Å². The molecule has 1 aliphatic rings. The van der Waals surface area contributed by atoms with E-state index in [1.165, 1.54) is 12.1 Å². The molecule has 18 heavy (non-hydrogen) atoms. The quantitative estimate of drug-likeness (QED) is 0.838. The van der Waals surface area contributed by atoms with Crippen molar-refractivity contribution in [3.8, 4) is 6.07 Å². The number of hydrogen-bond acceptors (Lipinski definition) is 4. The van der Waals surface area contributed by atoms with Crippen LogP contribution in [0.1, 0.15) is 24.8 Å². The Morgan fingerprint density at radius 3 is 2.61 bits per heavy atom. The second kappa shape index (κ2) is 4.69. The highest BCUT2D eigenvalue weighted by atomic mass is 32.2. The number of sulfonamides is 1. The molecule has 3 N–H and O–H groups in total. The number of nitrogens with two attached hydrogens (primary N) is 1. The van der Waals surface area contributed by atoms with Crippen LogP contribution in [0.15, 0.2) is 29.2 Å². The lowest BCUT2D eigenvalue weighted by Crippen LogP contribution is -2.54. The van der Waals surface area contributed by atoms with Gasteiger partial charge >= 0.3 is 0 Å². The lowest BCUT2D eigenvalue weighted by Gasteiger charge is -2.38. The molecule has 5 nitrogen and oxygen atoms in total. The van der Waals surface area contributed by atoms with Crippen molar-refractivity contribution >= 4 is 10.0 Å². The zero-order chi connectivity index (χ0) is 13.2. The Kier molecular flexibility index (Phi) is 3.39. The molecule has 0 atom stereocenters. The van der Waals surface area contributed by atoms with Gasteiger partial charge in [0.25, 0.3) is 0 Å². The van der Waals surface area contributed by atoms with Gasteiger partial charge < -0.3 is 5.73 Å². The highest BCUT2D eigenvalue weighted by Crippen LogP contribution is 2.28. The van der Waals surface area contributed by atoms with Gasteiger partial charge in [0.1, 0.15) is 6.07 Å². The number of rotatable bonds is 4. The van der Waals surface area contributed by atoms with Crippen LogP contribution >= 0.6 is 0 Å². The lowest BCUT2D eigenvalue weighted by atomic mass is 9.78. The first-order valence-electron chi connectivity index (χ1n) is 5.75. The van der Waals surface area contributed by atoms with Crippen molar-refractivity contribution in [3.05, 3.63) is 29.8 Å². The first-order chi connectivity index (χ1) is 8.47. The molecule has 0 saturated heterocycles. The molecule has 0 radical (unpaired) electrons. The molecule has 0 amide bonds. The van der Waals surface area contributed by atoms with E-state index < -0.39 is 15.6 Å². The molecule has 96 valence electrons. The summed E-state index contributed by atoms with van der Waals surface area (Å²) in [5.41, 5.74) is 5.69. The van der Waals surface area contributed by atoms with Gasteiger partial charge in [0.15, 0.2) is 0 Å². The van der Waals surface area contributed by atoms with Crippen molar-refractivity contribution in [2.75, 3.05) is 6.54 Å². The van der Waals surface area contributed by atoms with Crippen molar-refractivity contribution in [2.45, 2.75) is 29.7 Å². The maximum absolute atomic E-state index is 12.1. The van der Waals surface area contributed by atoms with Gasteiger partial charge in [-0.3, -0.25) is 0 Å². The van der Waals surface area contributed by atoms with Gasteiger partial charge in [0, 0.05) is 12.1 Å². The molecule has 0 aliphatic heterocycles. The van der Waals surface area contributed by atoms with Gasteiger partial charge in [0.05, 0.1) is 10.5 Å². The summed E-state index contributed by atoms with van der Waals surface area (Å²) in [6.45, 7) is 0.217. The van der Waals surface area contributed by atoms with Crippen LogP contribution in [0.5, 0.6) is 0 Å². The summed E-state index contributed by atoms with van der Waals surface area (Å²) < 4.78 is 26.7. The Bertz CT molecular complexity index is 586.